The molecule has 0 saturated heterocycles. The van der Waals surface area contributed by atoms with Crippen LogP contribution >= 0.6 is 11.6 Å². The quantitative estimate of drug-likeness (QED) is 0.386. The molecule has 2 heteroatoms. The lowest BCUT2D eigenvalue weighted by atomic mass is 9.97. The molecule has 0 aliphatic heterocycles. The molecule has 0 spiro atoms. The Labute approximate surface area is 99.6 Å². The maximum Gasteiger partial charge on any atom is 0.221 e. The molecule has 0 saturated carbocycles. The third-order valence-electron chi connectivity index (χ3n) is 2.87. The van der Waals surface area contributed by atoms with Gasteiger partial charge in [-0.05, 0) is 23.9 Å². The van der Waals surface area contributed by atoms with Gasteiger partial charge in [-0.3, -0.25) is 4.79 Å². The van der Waals surface area contributed by atoms with Gasteiger partial charge >= 0.3 is 0 Å². The van der Waals surface area contributed by atoms with Crippen LogP contribution in [0.25, 0.3) is 0 Å². The average Bonchev–Trinajstić information content (AvgIpc) is 2.19. The van der Waals surface area contributed by atoms with Gasteiger partial charge in [-0.1, -0.05) is 58.8 Å². The second-order valence-electron chi connectivity index (χ2n) is 4.56. The summed E-state index contributed by atoms with van der Waals surface area (Å²) in [5.41, 5.74) is 0. The van der Waals surface area contributed by atoms with Gasteiger partial charge in [0.1, 0.15) is 0 Å². The summed E-state index contributed by atoms with van der Waals surface area (Å²) in [7, 11) is 0. The molecule has 0 aromatic carbocycles. The number of carbonyl (C=O) groups excluding carboxylic acids is 1. The molecule has 0 radical (unpaired) electrons. The average molecular weight is 233 g/mol. The van der Waals surface area contributed by atoms with Gasteiger partial charge in [0.15, 0.2) is 0 Å². The fourth-order valence-electron chi connectivity index (χ4n) is 1.82. The van der Waals surface area contributed by atoms with Crippen LogP contribution in [0.1, 0.15) is 71.6 Å². The van der Waals surface area contributed by atoms with Crippen LogP contribution in [-0.2, 0) is 4.79 Å². The minimum atomic E-state index is -0.189. The maximum atomic E-state index is 10.5. The van der Waals surface area contributed by atoms with E-state index in [-0.39, 0.29) is 5.24 Å². The molecule has 0 rings (SSSR count). The molecule has 0 aliphatic carbocycles. The normalized spacial score (nSPS) is 12.7. The van der Waals surface area contributed by atoms with Crippen molar-refractivity contribution in [1.82, 2.24) is 0 Å². The Balaban J connectivity index is 3.18. The van der Waals surface area contributed by atoms with E-state index in [1.807, 2.05) is 0 Å². The zero-order chi connectivity index (χ0) is 11.5. The molecule has 1 unspecified atom stereocenters. The van der Waals surface area contributed by atoms with E-state index < -0.39 is 0 Å². The van der Waals surface area contributed by atoms with Crippen LogP contribution in [-0.4, -0.2) is 5.24 Å². The Morgan fingerprint density at radius 1 is 1.07 bits per heavy atom. The van der Waals surface area contributed by atoms with Crippen molar-refractivity contribution in [3.8, 4) is 0 Å². The second-order valence-corrected chi connectivity index (χ2v) is 4.98. The molecule has 0 amide bonds. The van der Waals surface area contributed by atoms with Crippen LogP contribution in [0.2, 0.25) is 0 Å². The van der Waals surface area contributed by atoms with E-state index in [1.165, 1.54) is 38.5 Å². The summed E-state index contributed by atoms with van der Waals surface area (Å²) in [5.74, 6) is 0.812. The number of halogens is 1. The SMILES string of the molecule is CCCCCCC(C)CCCCC(=O)Cl. The lowest BCUT2D eigenvalue weighted by molar-refractivity contribution is -0.111. The lowest BCUT2D eigenvalue weighted by Gasteiger charge is -2.10. The summed E-state index contributed by atoms with van der Waals surface area (Å²) in [6, 6.07) is 0. The van der Waals surface area contributed by atoms with Gasteiger partial charge in [-0.15, -0.1) is 0 Å². The van der Waals surface area contributed by atoms with E-state index in [4.69, 9.17) is 11.6 Å². The van der Waals surface area contributed by atoms with Crippen molar-refractivity contribution in [2.24, 2.45) is 5.92 Å². The van der Waals surface area contributed by atoms with E-state index in [2.05, 4.69) is 13.8 Å². The fourth-order valence-corrected chi connectivity index (χ4v) is 1.95. The van der Waals surface area contributed by atoms with Crippen LogP contribution in [0.15, 0.2) is 0 Å². The first-order chi connectivity index (χ1) is 7.16. The summed E-state index contributed by atoms with van der Waals surface area (Å²) < 4.78 is 0. The monoisotopic (exact) mass is 232 g/mol. The number of hydrogen-bond acceptors (Lipinski definition) is 1. The summed E-state index contributed by atoms with van der Waals surface area (Å²) >= 11 is 5.27. The smallest absolute Gasteiger partial charge is 0.221 e. The molecular formula is C13H25ClO. The second kappa shape index (κ2) is 10.5. The van der Waals surface area contributed by atoms with Crippen LogP contribution in [0.3, 0.4) is 0 Å². The van der Waals surface area contributed by atoms with Crippen molar-refractivity contribution in [3.63, 3.8) is 0 Å². The standard InChI is InChI=1S/C13H25ClO/c1-3-4-5-6-9-12(2)10-7-8-11-13(14)15/h12H,3-11H2,1-2H3. The lowest BCUT2D eigenvalue weighted by Crippen LogP contribution is -1.96. The minimum absolute atomic E-state index is 0.189. The first-order valence-electron chi connectivity index (χ1n) is 6.35. The van der Waals surface area contributed by atoms with Gasteiger partial charge in [0, 0.05) is 6.42 Å². The molecule has 0 fully saturated rings. The Morgan fingerprint density at radius 2 is 1.67 bits per heavy atom. The molecular weight excluding hydrogens is 208 g/mol. The summed E-state index contributed by atoms with van der Waals surface area (Å²) in [5, 5.41) is -0.189. The largest absolute Gasteiger partial charge is 0.281 e. The third kappa shape index (κ3) is 11.9. The molecule has 15 heavy (non-hydrogen) atoms. The number of rotatable bonds is 10. The van der Waals surface area contributed by atoms with Crippen LogP contribution in [0.5, 0.6) is 0 Å². The Morgan fingerprint density at radius 3 is 2.20 bits per heavy atom. The Kier molecular flexibility index (Phi) is 10.4. The first-order valence-corrected chi connectivity index (χ1v) is 6.73. The third-order valence-corrected chi connectivity index (χ3v) is 3.06. The molecule has 1 nitrogen and oxygen atoms in total. The summed E-state index contributed by atoms with van der Waals surface area (Å²) in [6.07, 6.45) is 10.7. The molecule has 1 atom stereocenters. The summed E-state index contributed by atoms with van der Waals surface area (Å²) in [6.45, 7) is 4.56. The number of carbonyl (C=O) groups is 1. The van der Waals surface area contributed by atoms with Crippen molar-refractivity contribution < 1.29 is 4.79 Å². The van der Waals surface area contributed by atoms with Crippen LogP contribution in [0, 0.1) is 5.92 Å². The highest BCUT2D eigenvalue weighted by Gasteiger charge is 2.02. The highest BCUT2D eigenvalue weighted by Crippen LogP contribution is 2.17. The van der Waals surface area contributed by atoms with Gasteiger partial charge in [0.25, 0.3) is 0 Å². The zero-order valence-electron chi connectivity index (χ0n) is 10.2. The maximum absolute atomic E-state index is 10.5. The van der Waals surface area contributed by atoms with E-state index >= 15 is 0 Å². The predicted octanol–water partition coefficient (Wildman–Crippen LogP) is 4.92. The van der Waals surface area contributed by atoms with E-state index in [9.17, 15) is 4.79 Å². The van der Waals surface area contributed by atoms with E-state index in [0.717, 1.165) is 18.8 Å². The van der Waals surface area contributed by atoms with Crippen LogP contribution < -0.4 is 0 Å². The molecule has 0 N–H and O–H groups in total. The van der Waals surface area contributed by atoms with Gasteiger partial charge in [0.2, 0.25) is 5.24 Å². The molecule has 0 aromatic heterocycles. The Bertz CT molecular complexity index is 157. The molecule has 0 aromatic rings. The van der Waals surface area contributed by atoms with E-state index in [1.54, 1.807) is 0 Å². The minimum Gasteiger partial charge on any atom is -0.281 e. The number of unbranched alkanes of at least 4 members (excludes halogenated alkanes) is 4. The molecule has 0 bridgehead atoms. The molecule has 0 heterocycles. The first kappa shape index (κ1) is 15.0. The van der Waals surface area contributed by atoms with Crippen molar-refractivity contribution >= 4 is 16.8 Å². The van der Waals surface area contributed by atoms with Crippen molar-refractivity contribution in [2.45, 2.75) is 71.6 Å². The number of hydrogen-bond donors (Lipinski definition) is 0. The van der Waals surface area contributed by atoms with Gasteiger partial charge in [-0.2, -0.15) is 0 Å². The van der Waals surface area contributed by atoms with Gasteiger partial charge in [-0.25, -0.2) is 0 Å². The van der Waals surface area contributed by atoms with Crippen LogP contribution in [0.4, 0.5) is 0 Å². The molecule has 90 valence electrons. The highest BCUT2D eigenvalue weighted by atomic mass is 35.5. The fraction of sp³-hybridized carbons (Fsp3) is 0.923. The predicted molar refractivity (Wildman–Crippen MR) is 67.3 cm³/mol. The topological polar surface area (TPSA) is 17.1 Å². The van der Waals surface area contributed by atoms with Crippen molar-refractivity contribution in [2.75, 3.05) is 0 Å². The van der Waals surface area contributed by atoms with Gasteiger partial charge < -0.3 is 0 Å². The molecule has 0 aliphatic rings. The van der Waals surface area contributed by atoms with Gasteiger partial charge in [0.05, 0.1) is 0 Å². The van der Waals surface area contributed by atoms with Crippen molar-refractivity contribution in [1.29, 1.82) is 0 Å². The Hall–Kier alpha value is -0.0400. The zero-order valence-corrected chi connectivity index (χ0v) is 11.0. The van der Waals surface area contributed by atoms with Crippen molar-refractivity contribution in [3.05, 3.63) is 0 Å². The van der Waals surface area contributed by atoms with E-state index in [0.29, 0.717) is 6.42 Å². The summed E-state index contributed by atoms with van der Waals surface area (Å²) in [4.78, 5) is 10.5. The highest BCUT2D eigenvalue weighted by molar-refractivity contribution is 6.63.